The van der Waals surface area contributed by atoms with Crippen molar-refractivity contribution >= 4 is 28.4 Å². The van der Waals surface area contributed by atoms with E-state index < -0.39 is 0 Å². The highest BCUT2D eigenvalue weighted by Gasteiger charge is 2.30. The van der Waals surface area contributed by atoms with Crippen molar-refractivity contribution in [1.82, 2.24) is 24.7 Å². The largest absolute Gasteiger partial charge is 0.339 e. The Labute approximate surface area is 180 Å². The molecule has 1 saturated heterocycles. The van der Waals surface area contributed by atoms with Crippen molar-refractivity contribution in [2.75, 3.05) is 37.8 Å². The van der Waals surface area contributed by atoms with Crippen molar-refractivity contribution in [3.05, 3.63) is 53.9 Å². The molecule has 5 rings (SSSR count). The number of rotatable bonds is 6. The summed E-state index contributed by atoms with van der Waals surface area (Å²) in [4.78, 5) is 17.0. The average molecular weight is 423 g/mol. The summed E-state index contributed by atoms with van der Waals surface area (Å²) in [5, 5.41) is 11.5. The van der Waals surface area contributed by atoms with Crippen LogP contribution in [0.15, 0.2) is 47.6 Å². The van der Waals surface area contributed by atoms with Crippen molar-refractivity contribution in [3.8, 4) is 0 Å². The SMILES string of the molecule is Nn1c(SCC(=O)N2CCN(Cc3cccc4ccccc34)CC2)nnc1C1CC1. The number of thioether (sulfide) groups is 1. The maximum Gasteiger partial charge on any atom is 0.233 e. The van der Waals surface area contributed by atoms with Crippen molar-refractivity contribution < 1.29 is 4.79 Å². The first-order valence-electron chi connectivity index (χ1n) is 10.5. The van der Waals surface area contributed by atoms with Gasteiger partial charge in [-0.15, -0.1) is 10.2 Å². The number of benzene rings is 2. The number of aromatic nitrogens is 3. The van der Waals surface area contributed by atoms with Crippen LogP contribution in [0.4, 0.5) is 0 Å². The van der Waals surface area contributed by atoms with E-state index in [4.69, 9.17) is 5.84 Å². The summed E-state index contributed by atoms with van der Waals surface area (Å²) in [5.41, 5.74) is 1.34. The second-order valence-corrected chi connectivity index (χ2v) is 9.01. The molecule has 30 heavy (non-hydrogen) atoms. The van der Waals surface area contributed by atoms with Crippen LogP contribution in [0.1, 0.15) is 30.1 Å². The molecule has 1 amide bonds. The van der Waals surface area contributed by atoms with Crippen LogP contribution in [0.3, 0.4) is 0 Å². The summed E-state index contributed by atoms with van der Waals surface area (Å²) in [6.45, 7) is 4.20. The lowest BCUT2D eigenvalue weighted by molar-refractivity contribution is -0.130. The average Bonchev–Trinajstić information content (AvgIpc) is 3.55. The first-order chi connectivity index (χ1) is 14.7. The lowest BCUT2D eigenvalue weighted by Crippen LogP contribution is -2.48. The van der Waals surface area contributed by atoms with Gasteiger partial charge in [0.15, 0.2) is 5.82 Å². The number of hydrogen-bond donors (Lipinski definition) is 1. The minimum Gasteiger partial charge on any atom is -0.339 e. The maximum atomic E-state index is 12.7. The van der Waals surface area contributed by atoms with Crippen molar-refractivity contribution in [1.29, 1.82) is 0 Å². The van der Waals surface area contributed by atoms with Gasteiger partial charge in [-0.3, -0.25) is 9.69 Å². The summed E-state index contributed by atoms with van der Waals surface area (Å²) in [6.07, 6.45) is 2.25. The molecule has 156 valence electrons. The van der Waals surface area contributed by atoms with Crippen molar-refractivity contribution in [2.24, 2.45) is 0 Å². The molecule has 2 N–H and O–H groups in total. The van der Waals surface area contributed by atoms with E-state index in [9.17, 15) is 4.79 Å². The molecule has 8 heteroatoms. The predicted molar refractivity (Wildman–Crippen MR) is 119 cm³/mol. The second-order valence-electron chi connectivity index (χ2n) is 8.07. The Morgan fingerprint density at radius 1 is 1.03 bits per heavy atom. The number of nitrogen functional groups attached to an aromatic ring is 1. The molecule has 0 spiro atoms. The highest BCUT2D eigenvalue weighted by Crippen LogP contribution is 2.39. The monoisotopic (exact) mass is 422 g/mol. The third-order valence-corrected chi connectivity index (χ3v) is 6.88. The molecule has 1 aliphatic heterocycles. The molecule has 1 saturated carbocycles. The predicted octanol–water partition coefficient (Wildman–Crippen LogP) is 2.46. The van der Waals surface area contributed by atoms with Gasteiger partial charge in [-0.05, 0) is 29.2 Å². The Morgan fingerprint density at radius 3 is 2.60 bits per heavy atom. The zero-order valence-corrected chi connectivity index (χ0v) is 17.7. The van der Waals surface area contributed by atoms with Gasteiger partial charge in [0.2, 0.25) is 11.1 Å². The summed E-state index contributed by atoms with van der Waals surface area (Å²) >= 11 is 1.38. The van der Waals surface area contributed by atoms with Crippen LogP contribution in [0.25, 0.3) is 10.8 Å². The first-order valence-corrected chi connectivity index (χ1v) is 11.5. The van der Waals surface area contributed by atoms with Gasteiger partial charge >= 0.3 is 0 Å². The van der Waals surface area contributed by atoms with Crippen LogP contribution in [-0.2, 0) is 11.3 Å². The minimum absolute atomic E-state index is 0.140. The lowest BCUT2D eigenvalue weighted by Gasteiger charge is -2.35. The number of nitrogens with zero attached hydrogens (tertiary/aromatic N) is 5. The molecule has 3 aromatic rings. The zero-order chi connectivity index (χ0) is 20.5. The molecule has 0 unspecified atom stereocenters. The molecule has 1 aliphatic carbocycles. The summed E-state index contributed by atoms with van der Waals surface area (Å²) < 4.78 is 1.55. The number of amides is 1. The maximum absolute atomic E-state index is 12.7. The highest BCUT2D eigenvalue weighted by molar-refractivity contribution is 7.99. The van der Waals surface area contributed by atoms with Crippen LogP contribution in [-0.4, -0.2) is 62.5 Å². The van der Waals surface area contributed by atoms with Crippen LogP contribution in [0.5, 0.6) is 0 Å². The van der Waals surface area contributed by atoms with Crippen LogP contribution >= 0.6 is 11.8 Å². The Balaban J connectivity index is 1.13. The van der Waals surface area contributed by atoms with E-state index in [1.165, 1.54) is 28.1 Å². The normalized spacial score (nSPS) is 17.5. The third-order valence-electron chi connectivity index (χ3n) is 5.96. The number of hydrogen-bond acceptors (Lipinski definition) is 6. The number of carbonyl (C=O) groups is 1. The van der Waals surface area contributed by atoms with Gasteiger partial charge in [0.25, 0.3) is 0 Å². The van der Waals surface area contributed by atoms with Crippen LogP contribution in [0, 0.1) is 0 Å². The molecule has 2 aliphatic rings. The Kier molecular flexibility index (Phi) is 5.35. The van der Waals surface area contributed by atoms with E-state index in [1.807, 2.05) is 4.90 Å². The van der Waals surface area contributed by atoms with Crippen molar-refractivity contribution in [2.45, 2.75) is 30.5 Å². The lowest BCUT2D eigenvalue weighted by atomic mass is 10.0. The molecule has 1 aromatic heterocycles. The van der Waals surface area contributed by atoms with Crippen LogP contribution < -0.4 is 5.84 Å². The smallest absolute Gasteiger partial charge is 0.233 e. The first kappa shape index (κ1) is 19.4. The van der Waals surface area contributed by atoms with E-state index >= 15 is 0 Å². The summed E-state index contributed by atoms with van der Waals surface area (Å²) in [7, 11) is 0. The van der Waals surface area contributed by atoms with E-state index in [0.29, 0.717) is 16.8 Å². The molecular formula is C22H26N6OS. The Bertz CT molecular complexity index is 1050. The second kappa shape index (κ2) is 8.28. The Morgan fingerprint density at radius 2 is 1.80 bits per heavy atom. The standard InChI is InChI=1S/C22H26N6OS/c23-28-21(17-8-9-17)24-25-22(28)30-15-20(29)27-12-10-26(11-13-27)14-18-6-3-5-16-4-1-2-7-19(16)18/h1-7,17H,8-15,23H2. The number of carbonyl (C=O) groups excluding carboxylic acids is 1. The van der Waals surface area contributed by atoms with E-state index in [0.717, 1.165) is 51.4 Å². The fourth-order valence-corrected chi connectivity index (χ4v) is 4.82. The molecule has 0 atom stereocenters. The fraction of sp³-hybridized carbons (Fsp3) is 0.409. The van der Waals surface area contributed by atoms with Gasteiger partial charge in [0, 0.05) is 38.6 Å². The zero-order valence-electron chi connectivity index (χ0n) is 16.9. The topological polar surface area (TPSA) is 80.3 Å². The molecule has 0 radical (unpaired) electrons. The van der Waals surface area contributed by atoms with Gasteiger partial charge in [-0.1, -0.05) is 54.2 Å². The molecule has 0 bridgehead atoms. The minimum atomic E-state index is 0.140. The molecular weight excluding hydrogens is 396 g/mol. The quantitative estimate of drug-likeness (QED) is 0.486. The number of nitrogens with two attached hydrogens (primary N) is 1. The van der Waals surface area contributed by atoms with Gasteiger partial charge in [-0.25, -0.2) is 4.68 Å². The van der Waals surface area contributed by atoms with Crippen LogP contribution in [0.2, 0.25) is 0 Å². The van der Waals surface area contributed by atoms with E-state index in [1.54, 1.807) is 4.68 Å². The van der Waals surface area contributed by atoms with Gasteiger partial charge in [-0.2, -0.15) is 0 Å². The molecule has 2 heterocycles. The molecule has 2 fully saturated rings. The molecule has 2 aromatic carbocycles. The van der Waals surface area contributed by atoms with Gasteiger partial charge in [0.05, 0.1) is 5.75 Å². The highest BCUT2D eigenvalue weighted by atomic mass is 32.2. The van der Waals surface area contributed by atoms with E-state index in [2.05, 4.69) is 57.6 Å². The Hall–Kier alpha value is -2.58. The van der Waals surface area contributed by atoms with Gasteiger partial charge < -0.3 is 10.7 Å². The number of fused-ring (bicyclic) bond motifs is 1. The van der Waals surface area contributed by atoms with Crippen molar-refractivity contribution in [3.63, 3.8) is 0 Å². The number of piperazine rings is 1. The fourth-order valence-electron chi connectivity index (χ4n) is 4.05. The van der Waals surface area contributed by atoms with Gasteiger partial charge in [0.1, 0.15) is 0 Å². The summed E-state index contributed by atoms with van der Waals surface area (Å²) in [5.74, 6) is 7.86. The summed E-state index contributed by atoms with van der Waals surface area (Å²) in [6, 6.07) is 15.0. The molecule has 7 nitrogen and oxygen atoms in total. The van der Waals surface area contributed by atoms with E-state index in [-0.39, 0.29) is 5.91 Å². The third kappa shape index (κ3) is 4.02.